The summed E-state index contributed by atoms with van der Waals surface area (Å²) in [7, 11) is 0. The molecule has 1 aliphatic heterocycles. The smallest absolute Gasteiger partial charge is 0.135 e. The Kier molecular flexibility index (Phi) is 5.97. The van der Waals surface area contributed by atoms with Gasteiger partial charge in [-0.1, -0.05) is 158 Å². The van der Waals surface area contributed by atoms with Crippen molar-refractivity contribution >= 4 is 43.1 Å². The van der Waals surface area contributed by atoms with Crippen LogP contribution in [0.4, 0.5) is 0 Å². The highest BCUT2D eigenvalue weighted by molar-refractivity contribution is 6.27. The van der Waals surface area contributed by atoms with Crippen LogP contribution in [-0.4, -0.2) is 0 Å². The molecule has 0 amide bonds. The molecule has 1 nitrogen and oxygen atoms in total. The van der Waals surface area contributed by atoms with E-state index in [4.69, 9.17) is 11.6 Å². The van der Waals surface area contributed by atoms with E-state index >= 15 is 0 Å². The van der Waals surface area contributed by atoms with E-state index in [2.05, 4.69) is 140 Å². The van der Waals surface area contributed by atoms with Gasteiger partial charge in [-0.05, 0) is 147 Å². The first kappa shape index (κ1) is 27.2. The van der Waals surface area contributed by atoms with Crippen molar-refractivity contribution in [2.75, 3.05) is 0 Å². The van der Waals surface area contributed by atoms with Gasteiger partial charge >= 0.3 is 0 Å². The summed E-state index contributed by atoms with van der Waals surface area (Å²) in [4.78, 5) is 0. The van der Waals surface area contributed by atoms with Crippen LogP contribution in [0.3, 0.4) is 0 Å². The Morgan fingerprint density at radius 1 is 0.298 bits per heavy atom. The lowest BCUT2D eigenvalue weighted by atomic mass is 9.85. The quantitative estimate of drug-likeness (QED) is 0.160. The Hall–Kier alpha value is -7.48. The molecule has 0 atom stereocenters. The van der Waals surface area contributed by atoms with E-state index in [1.54, 1.807) is 6.07 Å². The van der Waals surface area contributed by atoms with E-state index in [-0.39, 0.29) is 29.7 Å². The molecule has 0 fully saturated rings. The molecule has 0 spiro atoms. The zero-order chi connectivity index (χ0) is 41.8. The van der Waals surface area contributed by atoms with Crippen LogP contribution in [0, 0.1) is 0 Å². The van der Waals surface area contributed by atoms with Gasteiger partial charge in [-0.25, -0.2) is 0 Å². The second kappa shape index (κ2) is 12.5. The summed E-state index contributed by atoms with van der Waals surface area (Å²) in [5, 5.41) is 9.38. The molecule has 11 aromatic carbocycles. The third-order valence-corrected chi connectivity index (χ3v) is 11.7. The molecular weight excluding hydrogens is 689 g/mol. The molecule has 0 aromatic heterocycles. The summed E-state index contributed by atoms with van der Waals surface area (Å²) in [5.74, 6) is 1.39. The van der Waals surface area contributed by atoms with Crippen LogP contribution in [0.25, 0.3) is 110 Å². The number of hydrogen-bond donors (Lipinski definition) is 0. The Morgan fingerprint density at radius 2 is 0.895 bits per heavy atom. The molecule has 57 heavy (non-hydrogen) atoms. The van der Waals surface area contributed by atoms with Gasteiger partial charge in [0, 0.05) is 10.9 Å². The molecule has 1 heterocycles. The van der Waals surface area contributed by atoms with Crippen LogP contribution in [0.1, 0.15) is 6.85 Å². The number of benzene rings is 11. The molecule has 1 heteroatoms. The third kappa shape index (κ3) is 5.10. The van der Waals surface area contributed by atoms with E-state index in [9.17, 15) is 0 Å². The molecule has 0 unspecified atom stereocenters. The van der Waals surface area contributed by atoms with Gasteiger partial charge in [0.2, 0.25) is 0 Å². The Labute approximate surface area is 338 Å². The second-order valence-corrected chi connectivity index (χ2v) is 14.9. The van der Waals surface area contributed by atoms with Gasteiger partial charge in [0.15, 0.2) is 0 Å². The molecule has 0 saturated heterocycles. The summed E-state index contributed by atoms with van der Waals surface area (Å²) in [6, 6.07) is 60.5. The molecule has 0 radical (unpaired) electrons. The van der Waals surface area contributed by atoms with E-state index in [0.717, 1.165) is 61.0 Å². The van der Waals surface area contributed by atoms with Crippen LogP contribution in [0.5, 0.6) is 11.5 Å². The fraction of sp³-hybridized carbons (Fsp3) is 0. The van der Waals surface area contributed by atoms with E-state index in [0.29, 0.717) is 11.3 Å². The standard InChI is InChI=1S/C56H34O/c1-4-11-35(12-5-1)40-23-28-52-50(33-40)51-34-44(29-41-17-10-18-53(57-52)54(41)51)43-30-42(36-13-6-2-7-14-36)31-45(32-43)47-25-20-39-21-26-48-46(37-15-8-3-9-16-37)24-19-38-22-27-49(47)56(39)55(38)48/h1-34H/i1D,4D,5D,11D,12D. The van der Waals surface area contributed by atoms with Gasteiger partial charge in [-0.15, -0.1) is 0 Å². The topological polar surface area (TPSA) is 9.23 Å². The van der Waals surface area contributed by atoms with Crippen LogP contribution in [0.15, 0.2) is 206 Å². The lowest BCUT2D eigenvalue weighted by Crippen LogP contribution is -1.98. The molecule has 0 bridgehead atoms. The summed E-state index contributed by atoms with van der Waals surface area (Å²) >= 11 is 0. The summed E-state index contributed by atoms with van der Waals surface area (Å²) in [5.41, 5.74) is 11.4. The molecule has 0 saturated carbocycles. The van der Waals surface area contributed by atoms with Gasteiger partial charge in [0.25, 0.3) is 0 Å². The van der Waals surface area contributed by atoms with Crippen LogP contribution in [-0.2, 0) is 0 Å². The van der Waals surface area contributed by atoms with E-state index in [1.807, 2.05) is 30.3 Å². The zero-order valence-electron chi connectivity index (χ0n) is 35.7. The molecule has 0 N–H and O–H groups in total. The molecule has 11 aromatic rings. The second-order valence-electron chi connectivity index (χ2n) is 14.9. The monoisotopic (exact) mass is 727 g/mol. The van der Waals surface area contributed by atoms with Crippen molar-refractivity contribution in [1.29, 1.82) is 0 Å². The summed E-state index contributed by atoms with van der Waals surface area (Å²) in [6.07, 6.45) is 0. The minimum Gasteiger partial charge on any atom is -0.456 e. The Morgan fingerprint density at radius 3 is 1.61 bits per heavy atom. The van der Waals surface area contributed by atoms with Crippen molar-refractivity contribution in [3.8, 4) is 78.3 Å². The summed E-state index contributed by atoms with van der Waals surface area (Å²) < 4.78 is 48.8. The maximum atomic E-state index is 8.73. The van der Waals surface area contributed by atoms with Crippen molar-refractivity contribution in [3.63, 3.8) is 0 Å². The first-order valence-corrected chi connectivity index (χ1v) is 19.2. The average Bonchev–Trinajstić information content (AvgIpc) is 3.32. The average molecular weight is 728 g/mol. The van der Waals surface area contributed by atoms with Crippen molar-refractivity contribution in [1.82, 2.24) is 0 Å². The highest BCUT2D eigenvalue weighted by Gasteiger charge is 2.23. The van der Waals surface area contributed by atoms with Gasteiger partial charge in [-0.3, -0.25) is 0 Å². The molecule has 12 rings (SSSR count). The minimum atomic E-state index is -0.412. The fourth-order valence-corrected chi connectivity index (χ4v) is 9.02. The van der Waals surface area contributed by atoms with E-state index in [1.165, 1.54) is 43.4 Å². The number of fused-ring (bicyclic) bond motifs is 2. The third-order valence-electron chi connectivity index (χ3n) is 11.7. The Balaban J connectivity index is 1.08. The summed E-state index contributed by atoms with van der Waals surface area (Å²) in [6.45, 7) is 0. The maximum absolute atomic E-state index is 8.73. The van der Waals surface area contributed by atoms with Gasteiger partial charge < -0.3 is 4.74 Å². The molecule has 0 aliphatic carbocycles. The molecular formula is C56H34O. The lowest BCUT2D eigenvalue weighted by molar-refractivity contribution is 0.487. The van der Waals surface area contributed by atoms with Crippen molar-refractivity contribution < 1.29 is 11.6 Å². The van der Waals surface area contributed by atoms with Crippen molar-refractivity contribution in [2.24, 2.45) is 0 Å². The predicted octanol–water partition coefficient (Wildman–Crippen LogP) is 15.8. The number of ether oxygens (including phenoxy) is 1. The maximum Gasteiger partial charge on any atom is 0.135 e. The van der Waals surface area contributed by atoms with E-state index < -0.39 is 6.04 Å². The van der Waals surface area contributed by atoms with Crippen molar-refractivity contribution in [3.05, 3.63) is 206 Å². The first-order valence-electron chi connectivity index (χ1n) is 21.7. The fourth-order valence-electron chi connectivity index (χ4n) is 9.02. The van der Waals surface area contributed by atoms with Gasteiger partial charge in [0.1, 0.15) is 11.5 Å². The Bertz CT molecular complexity index is 3630. The number of rotatable bonds is 5. The highest BCUT2D eigenvalue weighted by Crippen LogP contribution is 2.50. The van der Waals surface area contributed by atoms with Crippen LogP contribution in [0.2, 0.25) is 0 Å². The van der Waals surface area contributed by atoms with Gasteiger partial charge in [0.05, 0.1) is 6.85 Å². The lowest BCUT2D eigenvalue weighted by Gasteiger charge is -2.23. The largest absolute Gasteiger partial charge is 0.456 e. The zero-order valence-corrected chi connectivity index (χ0v) is 30.7. The van der Waals surface area contributed by atoms with Gasteiger partial charge in [-0.2, -0.15) is 0 Å². The number of hydrogen-bond acceptors (Lipinski definition) is 1. The normalized spacial score (nSPS) is 13.2. The van der Waals surface area contributed by atoms with Crippen molar-refractivity contribution in [2.45, 2.75) is 0 Å². The first-order chi connectivity index (χ1) is 30.3. The SMILES string of the molecule is [2H]c1c([2H])c([2H])c(-c2ccc3c(c2)-c2cc(-c4cc(-c5ccccc5)cc(-c5ccc6ccc7c(-c8ccccc8)ccc8ccc5c6c87)c4)cc4cccc(c24)O3)c([2H])c1[2H]. The van der Waals surface area contributed by atoms with Crippen LogP contribution < -0.4 is 4.74 Å². The predicted molar refractivity (Wildman–Crippen MR) is 240 cm³/mol. The highest BCUT2D eigenvalue weighted by atomic mass is 16.5. The molecule has 264 valence electrons. The van der Waals surface area contributed by atoms with Crippen LogP contribution >= 0.6 is 0 Å². The molecule has 1 aliphatic rings. The minimum absolute atomic E-state index is 0.162.